The molecule has 0 radical (unpaired) electrons. The SMILES string of the molecule is COC(=O)C(C)CN(C)S(=O)(=O)c1ccc(N)c(Br)c1. The molecular weight excluding hydrogens is 348 g/mol. The van der Waals surface area contributed by atoms with Crippen LogP contribution < -0.4 is 5.73 Å². The van der Waals surface area contributed by atoms with Crippen LogP contribution in [0.25, 0.3) is 0 Å². The normalized spacial score (nSPS) is 13.2. The zero-order chi connectivity index (χ0) is 15.5. The van der Waals surface area contributed by atoms with E-state index in [2.05, 4.69) is 20.7 Å². The fraction of sp³-hybridized carbons (Fsp3) is 0.417. The van der Waals surface area contributed by atoms with Crippen molar-refractivity contribution in [2.45, 2.75) is 11.8 Å². The summed E-state index contributed by atoms with van der Waals surface area (Å²) in [6.07, 6.45) is 0. The molecule has 0 aliphatic rings. The summed E-state index contributed by atoms with van der Waals surface area (Å²) in [4.78, 5) is 11.5. The van der Waals surface area contributed by atoms with Gasteiger partial charge < -0.3 is 10.5 Å². The molecule has 0 fully saturated rings. The fourth-order valence-electron chi connectivity index (χ4n) is 1.61. The molecule has 0 heterocycles. The number of esters is 1. The van der Waals surface area contributed by atoms with E-state index in [4.69, 9.17) is 5.73 Å². The Labute approximate surface area is 127 Å². The van der Waals surface area contributed by atoms with E-state index in [1.54, 1.807) is 6.92 Å². The lowest BCUT2D eigenvalue weighted by atomic mass is 10.2. The molecule has 0 aliphatic heterocycles. The predicted octanol–water partition coefficient (Wildman–Crippen LogP) is 1.46. The number of carbonyl (C=O) groups excluding carboxylic acids is 1. The second kappa shape index (κ2) is 6.55. The van der Waals surface area contributed by atoms with Crippen molar-refractivity contribution in [3.05, 3.63) is 22.7 Å². The number of sulfonamides is 1. The Balaban J connectivity index is 2.98. The number of benzene rings is 1. The third kappa shape index (κ3) is 3.71. The number of nitrogens with zero attached hydrogens (tertiary/aromatic N) is 1. The summed E-state index contributed by atoms with van der Waals surface area (Å²) in [6.45, 7) is 1.65. The van der Waals surface area contributed by atoms with Gasteiger partial charge in [-0.25, -0.2) is 12.7 Å². The molecule has 0 aromatic heterocycles. The number of halogens is 1. The molecule has 1 aromatic rings. The number of ether oxygens (including phenoxy) is 1. The van der Waals surface area contributed by atoms with E-state index in [1.165, 1.54) is 32.4 Å². The van der Waals surface area contributed by atoms with Crippen molar-refractivity contribution in [1.82, 2.24) is 4.31 Å². The van der Waals surface area contributed by atoms with E-state index in [9.17, 15) is 13.2 Å². The summed E-state index contributed by atoms with van der Waals surface area (Å²) in [5, 5.41) is 0. The molecule has 1 atom stereocenters. The number of anilines is 1. The van der Waals surface area contributed by atoms with Crippen molar-refractivity contribution < 1.29 is 17.9 Å². The molecular formula is C12H17BrN2O4S. The van der Waals surface area contributed by atoms with Crippen LogP contribution in [0, 0.1) is 5.92 Å². The molecule has 112 valence electrons. The lowest BCUT2D eigenvalue weighted by Crippen LogP contribution is -2.34. The molecule has 0 spiro atoms. The molecule has 8 heteroatoms. The zero-order valence-corrected chi connectivity index (χ0v) is 13.9. The Bertz CT molecular complexity index is 603. The van der Waals surface area contributed by atoms with Crippen LogP contribution in [0.15, 0.2) is 27.6 Å². The fourth-order valence-corrected chi connectivity index (χ4v) is 3.42. The Morgan fingerprint density at radius 2 is 2.10 bits per heavy atom. The second-order valence-electron chi connectivity index (χ2n) is 4.39. The van der Waals surface area contributed by atoms with Gasteiger partial charge in [-0.15, -0.1) is 0 Å². The van der Waals surface area contributed by atoms with E-state index >= 15 is 0 Å². The summed E-state index contributed by atoms with van der Waals surface area (Å²) in [5.41, 5.74) is 6.08. The summed E-state index contributed by atoms with van der Waals surface area (Å²) >= 11 is 3.19. The Hall–Kier alpha value is -1.12. The van der Waals surface area contributed by atoms with Crippen LogP contribution in [0.5, 0.6) is 0 Å². The van der Waals surface area contributed by atoms with Crippen molar-refractivity contribution in [3.63, 3.8) is 0 Å². The van der Waals surface area contributed by atoms with Gasteiger partial charge in [0, 0.05) is 23.8 Å². The minimum absolute atomic E-state index is 0.0387. The third-order valence-corrected chi connectivity index (χ3v) is 5.32. The quantitative estimate of drug-likeness (QED) is 0.630. The molecule has 0 saturated heterocycles. The van der Waals surface area contributed by atoms with Gasteiger partial charge in [-0.1, -0.05) is 6.92 Å². The van der Waals surface area contributed by atoms with Crippen molar-refractivity contribution in [1.29, 1.82) is 0 Å². The van der Waals surface area contributed by atoms with Crippen molar-refractivity contribution >= 4 is 37.6 Å². The molecule has 0 bridgehead atoms. The largest absolute Gasteiger partial charge is 0.469 e. The molecule has 2 N–H and O–H groups in total. The van der Waals surface area contributed by atoms with Crippen LogP contribution in [-0.4, -0.2) is 39.4 Å². The van der Waals surface area contributed by atoms with Gasteiger partial charge in [0.15, 0.2) is 0 Å². The number of nitrogen functional groups attached to an aromatic ring is 1. The summed E-state index contributed by atoms with van der Waals surface area (Å²) in [5.74, 6) is -0.998. The monoisotopic (exact) mass is 364 g/mol. The zero-order valence-electron chi connectivity index (χ0n) is 11.5. The van der Waals surface area contributed by atoms with E-state index in [0.717, 1.165) is 4.31 Å². The highest BCUT2D eigenvalue weighted by Crippen LogP contribution is 2.25. The molecule has 20 heavy (non-hydrogen) atoms. The van der Waals surface area contributed by atoms with Crippen LogP contribution in [-0.2, 0) is 19.6 Å². The Morgan fingerprint density at radius 1 is 1.50 bits per heavy atom. The Morgan fingerprint density at radius 3 is 2.60 bits per heavy atom. The van der Waals surface area contributed by atoms with E-state index in [1.807, 2.05) is 0 Å². The lowest BCUT2D eigenvalue weighted by Gasteiger charge is -2.20. The second-order valence-corrected chi connectivity index (χ2v) is 7.29. The highest BCUT2D eigenvalue weighted by Gasteiger charge is 2.25. The number of hydrogen-bond acceptors (Lipinski definition) is 5. The van der Waals surface area contributed by atoms with Crippen molar-refractivity contribution in [3.8, 4) is 0 Å². The molecule has 0 aliphatic carbocycles. The van der Waals surface area contributed by atoms with Gasteiger partial charge in [0.05, 0.1) is 17.9 Å². The minimum Gasteiger partial charge on any atom is -0.469 e. The standard InChI is InChI=1S/C12H17BrN2O4S/c1-8(12(16)19-3)7-15(2)20(17,18)9-4-5-11(14)10(13)6-9/h4-6,8H,7,14H2,1-3H3. The third-order valence-electron chi connectivity index (χ3n) is 2.81. The molecule has 0 saturated carbocycles. The maximum absolute atomic E-state index is 12.4. The Kier molecular flexibility index (Phi) is 5.55. The van der Waals surface area contributed by atoms with Gasteiger partial charge in [0.25, 0.3) is 0 Å². The molecule has 1 rings (SSSR count). The molecule has 1 aromatic carbocycles. The van der Waals surface area contributed by atoms with Crippen LogP contribution in [0.4, 0.5) is 5.69 Å². The number of hydrogen-bond donors (Lipinski definition) is 1. The van der Waals surface area contributed by atoms with Crippen LogP contribution in [0.3, 0.4) is 0 Å². The van der Waals surface area contributed by atoms with Crippen molar-refractivity contribution in [2.75, 3.05) is 26.4 Å². The first-order chi connectivity index (χ1) is 9.20. The first-order valence-electron chi connectivity index (χ1n) is 5.79. The van der Waals surface area contributed by atoms with Gasteiger partial charge in [0.2, 0.25) is 10.0 Å². The van der Waals surface area contributed by atoms with E-state index < -0.39 is 21.9 Å². The minimum atomic E-state index is -3.68. The van der Waals surface area contributed by atoms with Crippen LogP contribution in [0.2, 0.25) is 0 Å². The number of methoxy groups -OCH3 is 1. The van der Waals surface area contributed by atoms with Crippen LogP contribution >= 0.6 is 15.9 Å². The van der Waals surface area contributed by atoms with E-state index in [-0.39, 0.29) is 11.4 Å². The van der Waals surface area contributed by atoms with Gasteiger partial charge >= 0.3 is 5.97 Å². The topological polar surface area (TPSA) is 89.7 Å². The predicted molar refractivity (Wildman–Crippen MR) is 79.6 cm³/mol. The number of nitrogens with two attached hydrogens (primary N) is 1. The van der Waals surface area contributed by atoms with Crippen molar-refractivity contribution in [2.24, 2.45) is 5.92 Å². The summed E-state index contributed by atoms with van der Waals surface area (Å²) < 4.78 is 30.9. The van der Waals surface area contributed by atoms with Gasteiger partial charge in [0.1, 0.15) is 0 Å². The molecule has 6 nitrogen and oxygen atoms in total. The van der Waals surface area contributed by atoms with Gasteiger partial charge in [-0.2, -0.15) is 0 Å². The van der Waals surface area contributed by atoms with Crippen LogP contribution in [0.1, 0.15) is 6.92 Å². The van der Waals surface area contributed by atoms with Gasteiger partial charge in [-0.3, -0.25) is 4.79 Å². The highest BCUT2D eigenvalue weighted by atomic mass is 79.9. The molecule has 1 unspecified atom stereocenters. The maximum atomic E-state index is 12.4. The summed E-state index contributed by atoms with van der Waals surface area (Å²) in [7, 11) is -0.991. The smallest absolute Gasteiger partial charge is 0.309 e. The van der Waals surface area contributed by atoms with E-state index in [0.29, 0.717) is 10.2 Å². The highest BCUT2D eigenvalue weighted by molar-refractivity contribution is 9.10. The molecule has 0 amide bonds. The average Bonchev–Trinajstić information content (AvgIpc) is 2.40. The number of rotatable bonds is 5. The number of carbonyl (C=O) groups is 1. The summed E-state index contributed by atoms with van der Waals surface area (Å²) in [6, 6.07) is 4.37. The maximum Gasteiger partial charge on any atom is 0.309 e. The average molecular weight is 365 g/mol. The first kappa shape index (κ1) is 16.9. The lowest BCUT2D eigenvalue weighted by molar-refractivity contribution is -0.144. The first-order valence-corrected chi connectivity index (χ1v) is 8.02. The van der Waals surface area contributed by atoms with Gasteiger partial charge in [-0.05, 0) is 34.1 Å².